The number of carbonyl (C=O) groups is 1. The molecule has 0 spiro atoms. The van der Waals surface area contributed by atoms with Gasteiger partial charge in [0.2, 0.25) is 0 Å². The van der Waals surface area contributed by atoms with E-state index in [0.29, 0.717) is 18.5 Å². The maximum atomic E-state index is 12.0. The summed E-state index contributed by atoms with van der Waals surface area (Å²) in [7, 11) is 0. The Morgan fingerprint density at radius 2 is 2.11 bits per heavy atom. The van der Waals surface area contributed by atoms with Gasteiger partial charge in [0.05, 0.1) is 11.9 Å². The third kappa shape index (κ3) is 2.81. The molecule has 94 valence electrons. The molecule has 1 aromatic carbocycles. The van der Waals surface area contributed by atoms with Crippen molar-refractivity contribution >= 4 is 5.78 Å². The second-order valence-electron chi connectivity index (χ2n) is 4.31. The van der Waals surface area contributed by atoms with Gasteiger partial charge in [-0.25, -0.2) is 4.68 Å². The molecular formula is C13H16N4O. The van der Waals surface area contributed by atoms with Crippen LogP contribution < -0.4 is 5.73 Å². The van der Waals surface area contributed by atoms with Crippen molar-refractivity contribution in [1.82, 2.24) is 15.0 Å². The number of para-hydroxylation sites is 1. The fraction of sp³-hybridized carbons (Fsp3) is 0.308. The Balaban J connectivity index is 2.20. The molecule has 5 nitrogen and oxygen atoms in total. The maximum Gasteiger partial charge on any atom is 0.183 e. The van der Waals surface area contributed by atoms with Gasteiger partial charge in [0.1, 0.15) is 5.69 Å². The lowest BCUT2D eigenvalue weighted by Gasteiger charge is -2.06. The zero-order chi connectivity index (χ0) is 13.0. The van der Waals surface area contributed by atoms with Crippen LogP contribution in [-0.4, -0.2) is 26.8 Å². The molecular weight excluding hydrogens is 228 g/mol. The fourth-order valence-electron chi connectivity index (χ4n) is 1.67. The van der Waals surface area contributed by atoms with E-state index in [1.807, 2.05) is 37.3 Å². The first-order valence-corrected chi connectivity index (χ1v) is 5.93. The number of carbonyl (C=O) groups excluding carboxylic acids is 1. The molecule has 1 aromatic heterocycles. The first-order valence-electron chi connectivity index (χ1n) is 5.93. The normalized spacial score (nSPS) is 12.3. The molecule has 0 fully saturated rings. The molecule has 0 saturated carbocycles. The Morgan fingerprint density at radius 1 is 1.39 bits per heavy atom. The van der Waals surface area contributed by atoms with E-state index >= 15 is 0 Å². The number of hydrogen-bond donors (Lipinski definition) is 1. The molecule has 0 saturated heterocycles. The highest BCUT2D eigenvalue weighted by Crippen LogP contribution is 2.11. The predicted molar refractivity (Wildman–Crippen MR) is 68.6 cm³/mol. The Morgan fingerprint density at radius 3 is 2.78 bits per heavy atom. The van der Waals surface area contributed by atoms with Gasteiger partial charge in [-0.2, -0.15) is 0 Å². The molecule has 1 heterocycles. The summed E-state index contributed by atoms with van der Waals surface area (Å²) in [6.07, 6.45) is 2.58. The van der Waals surface area contributed by atoms with Crippen LogP contribution in [0.1, 0.15) is 30.3 Å². The minimum absolute atomic E-state index is 0.0150. The van der Waals surface area contributed by atoms with Gasteiger partial charge in [-0.15, -0.1) is 5.10 Å². The molecule has 18 heavy (non-hydrogen) atoms. The molecule has 5 heteroatoms. The van der Waals surface area contributed by atoms with Crippen LogP contribution in [0.2, 0.25) is 0 Å². The zero-order valence-corrected chi connectivity index (χ0v) is 10.3. The van der Waals surface area contributed by atoms with Crippen LogP contribution in [0.5, 0.6) is 0 Å². The second-order valence-corrected chi connectivity index (χ2v) is 4.31. The molecule has 0 aliphatic rings. The summed E-state index contributed by atoms with van der Waals surface area (Å²) in [5, 5.41) is 7.76. The topological polar surface area (TPSA) is 73.8 Å². The van der Waals surface area contributed by atoms with Crippen molar-refractivity contribution in [3.63, 3.8) is 0 Å². The van der Waals surface area contributed by atoms with E-state index in [2.05, 4.69) is 10.3 Å². The van der Waals surface area contributed by atoms with E-state index in [4.69, 9.17) is 5.73 Å². The van der Waals surface area contributed by atoms with E-state index in [-0.39, 0.29) is 11.8 Å². The van der Waals surface area contributed by atoms with Crippen LogP contribution in [0.4, 0.5) is 0 Å². The van der Waals surface area contributed by atoms with Crippen molar-refractivity contribution in [2.45, 2.75) is 25.8 Å². The van der Waals surface area contributed by atoms with Gasteiger partial charge < -0.3 is 5.73 Å². The van der Waals surface area contributed by atoms with Crippen LogP contribution in [0.3, 0.4) is 0 Å². The predicted octanol–water partition coefficient (Wildman–Crippen LogP) is 1.58. The molecule has 1 atom stereocenters. The summed E-state index contributed by atoms with van der Waals surface area (Å²) in [4.78, 5) is 12.0. The van der Waals surface area contributed by atoms with Crippen molar-refractivity contribution in [3.05, 3.63) is 42.2 Å². The van der Waals surface area contributed by atoms with Crippen molar-refractivity contribution in [1.29, 1.82) is 0 Å². The molecule has 2 aromatic rings. The highest BCUT2D eigenvalue weighted by Gasteiger charge is 2.14. The minimum atomic E-state index is 0.0150. The summed E-state index contributed by atoms with van der Waals surface area (Å²) < 4.78 is 1.56. The molecule has 0 aliphatic heterocycles. The summed E-state index contributed by atoms with van der Waals surface area (Å²) >= 11 is 0. The monoisotopic (exact) mass is 244 g/mol. The van der Waals surface area contributed by atoms with Gasteiger partial charge in [-0.3, -0.25) is 4.79 Å². The zero-order valence-electron chi connectivity index (χ0n) is 10.3. The first kappa shape index (κ1) is 12.4. The summed E-state index contributed by atoms with van der Waals surface area (Å²) in [5.74, 6) is 0.0150. The van der Waals surface area contributed by atoms with Crippen LogP contribution in [-0.2, 0) is 0 Å². The average Bonchev–Trinajstić information content (AvgIpc) is 2.86. The number of rotatable bonds is 5. The number of benzene rings is 1. The molecule has 0 aliphatic carbocycles. The van der Waals surface area contributed by atoms with Crippen molar-refractivity contribution < 1.29 is 4.79 Å². The van der Waals surface area contributed by atoms with E-state index in [1.54, 1.807) is 4.68 Å². The van der Waals surface area contributed by atoms with E-state index in [0.717, 1.165) is 5.69 Å². The molecule has 2 N–H and O–H groups in total. The van der Waals surface area contributed by atoms with Crippen molar-refractivity contribution in [2.75, 3.05) is 0 Å². The van der Waals surface area contributed by atoms with E-state index < -0.39 is 0 Å². The second kappa shape index (κ2) is 5.55. The van der Waals surface area contributed by atoms with Gasteiger partial charge >= 0.3 is 0 Å². The van der Waals surface area contributed by atoms with Crippen LogP contribution in [0, 0.1) is 0 Å². The van der Waals surface area contributed by atoms with Crippen molar-refractivity contribution in [3.8, 4) is 5.69 Å². The highest BCUT2D eigenvalue weighted by molar-refractivity contribution is 5.94. The number of hydrogen-bond acceptors (Lipinski definition) is 4. The number of aromatic nitrogens is 3. The lowest BCUT2D eigenvalue weighted by atomic mass is 10.1. The van der Waals surface area contributed by atoms with Gasteiger partial charge in [0.15, 0.2) is 5.78 Å². The Hall–Kier alpha value is -2.01. The largest absolute Gasteiger partial charge is 0.328 e. The number of nitrogens with zero attached hydrogens (tertiary/aromatic N) is 3. The number of nitrogens with two attached hydrogens (primary N) is 1. The van der Waals surface area contributed by atoms with Gasteiger partial charge in [-0.1, -0.05) is 23.4 Å². The summed E-state index contributed by atoms with van der Waals surface area (Å²) in [6.45, 7) is 1.89. The average molecular weight is 244 g/mol. The lowest BCUT2D eigenvalue weighted by molar-refractivity contribution is 0.0970. The van der Waals surface area contributed by atoms with Gasteiger partial charge in [-0.05, 0) is 25.5 Å². The molecule has 1 unspecified atom stereocenters. The molecule has 0 bridgehead atoms. The number of Topliss-reactive ketones (excluding diaryl/α,β-unsaturated/α-hetero) is 1. The Labute approximate surface area is 106 Å². The van der Waals surface area contributed by atoms with Crippen LogP contribution >= 0.6 is 0 Å². The van der Waals surface area contributed by atoms with Crippen LogP contribution in [0.15, 0.2) is 36.5 Å². The summed E-state index contributed by atoms with van der Waals surface area (Å²) in [6, 6.07) is 9.50. The van der Waals surface area contributed by atoms with E-state index in [9.17, 15) is 4.79 Å². The fourth-order valence-corrected chi connectivity index (χ4v) is 1.67. The highest BCUT2D eigenvalue weighted by atomic mass is 16.1. The summed E-state index contributed by atoms with van der Waals surface area (Å²) in [5.41, 5.74) is 6.99. The third-order valence-corrected chi connectivity index (χ3v) is 2.66. The molecule has 0 amide bonds. The van der Waals surface area contributed by atoms with Crippen molar-refractivity contribution in [2.24, 2.45) is 5.73 Å². The maximum absolute atomic E-state index is 12.0. The van der Waals surface area contributed by atoms with Gasteiger partial charge in [0, 0.05) is 12.5 Å². The lowest BCUT2D eigenvalue weighted by Crippen LogP contribution is -2.17. The molecule has 0 radical (unpaired) electrons. The minimum Gasteiger partial charge on any atom is -0.328 e. The smallest absolute Gasteiger partial charge is 0.183 e. The Kier molecular flexibility index (Phi) is 3.84. The SMILES string of the molecule is CC(N)CCC(=O)c1cnnn1-c1ccccc1. The Bertz CT molecular complexity index is 519. The molecule has 2 rings (SSSR count). The number of ketones is 1. The van der Waals surface area contributed by atoms with E-state index in [1.165, 1.54) is 6.20 Å². The van der Waals surface area contributed by atoms with Crippen LogP contribution in [0.25, 0.3) is 5.69 Å². The van der Waals surface area contributed by atoms with Gasteiger partial charge in [0.25, 0.3) is 0 Å². The third-order valence-electron chi connectivity index (χ3n) is 2.66. The first-order chi connectivity index (χ1) is 8.68. The quantitative estimate of drug-likeness (QED) is 0.810. The standard InChI is InChI=1S/C13H16N4O/c1-10(14)7-8-13(18)12-9-15-16-17(12)11-5-3-2-4-6-11/h2-6,9-10H,7-8,14H2,1H3.